The molecule has 0 aliphatic carbocycles. The molecular formula is C19H21BF3NO2. The smallest absolute Gasteiger partial charge is 0.399 e. The van der Waals surface area contributed by atoms with Gasteiger partial charge in [-0.25, -0.2) is 0 Å². The summed E-state index contributed by atoms with van der Waals surface area (Å²) < 4.78 is 50.3. The average molecular weight is 363 g/mol. The molecule has 0 unspecified atom stereocenters. The van der Waals surface area contributed by atoms with Gasteiger partial charge >= 0.3 is 13.3 Å². The van der Waals surface area contributed by atoms with Crippen LogP contribution in [0.15, 0.2) is 48.5 Å². The molecule has 1 heterocycles. The van der Waals surface area contributed by atoms with Crippen LogP contribution in [-0.2, 0) is 15.5 Å². The van der Waals surface area contributed by atoms with E-state index in [1.165, 1.54) is 12.1 Å². The summed E-state index contributed by atoms with van der Waals surface area (Å²) >= 11 is 0. The van der Waals surface area contributed by atoms with E-state index in [-0.39, 0.29) is 0 Å². The first kappa shape index (κ1) is 18.8. The van der Waals surface area contributed by atoms with Gasteiger partial charge in [0.2, 0.25) is 0 Å². The van der Waals surface area contributed by atoms with Gasteiger partial charge in [0, 0.05) is 16.8 Å². The van der Waals surface area contributed by atoms with Crippen LogP contribution in [0.5, 0.6) is 0 Å². The highest BCUT2D eigenvalue weighted by Gasteiger charge is 2.52. The van der Waals surface area contributed by atoms with Crippen LogP contribution in [0.2, 0.25) is 0 Å². The van der Waals surface area contributed by atoms with E-state index in [9.17, 15) is 13.2 Å². The lowest BCUT2D eigenvalue weighted by Crippen LogP contribution is -2.41. The molecule has 0 radical (unpaired) electrons. The summed E-state index contributed by atoms with van der Waals surface area (Å²) in [6.45, 7) is 7.88. The minimum Gasteiger partial charge on any atom is -0.399 e. The van der Waals surface area contributed by atoms with Crippen molar-refractivity contribution in [2.24, 2.45) is 0 Å². The first-order chi connectivity index (χ1) is 12.0. The SMILES string of the molecule is CC1(C)OB(c2ccccc2Nc2ccc(C(F)(F)F)cc2)OC1(C)C. The third-order valence-corrected chi connectivity index (χ3v) is 4.96. The van der Waals surface area contributed by atoms with Crippen LogP contribution < -0.4 is 10.8 Å². The van der Waals surface area contributed by atoms with Gasteiger partial charge in [-0.3, -0.25) is 0 Å². The summed E-state index contributed by atoms with van der Waals surface area (Å²) in [4.78, 5) is 0. The molecule has 2 aromatic rings. The average Bonchev–Trinajstić information content (AvgIpc) is 2.75. The topological polar surface area (TPSA) is 30.5 Å². The van der Waals surface area contributed by atoms with E-state index in [0.717, 1.165) is 23.3 Å². The highest BCUT2D eigenvalue weighted by molar-refractivity contribution is 6.64. The van der Waals surface area contributed by atoms with Gasteiger partial charge in [0.05, 0.1) is 16.8 Å². The fraction of sp³-hybridized carbons (Fsp3) is 0.368. The van der Waals surface area contributed by atoms with Crippen molar-refractivity contribution in [3.63, 3.8) is 0 Å². The van der Waals surface area contributed by atoms with E-state index < -0.39 is 30.1 Å². The molecule has 0 bridgehead atoms. The molecule has 0 spiro atoms. The summed E-state index contributed by atoms with van der Waals surface area (Å²) in [5, 5.41) is 3.16. The third kappa shape index (κ3) is 3.59. The normalized spacial score (nSPS) is 18.8. The number of rotatable bonds is 3. The minimum atomic E-state index is -4.35. The molecule has 138 valence electrons. The fourth-order valence-electron chi connectivity index (χ4n) is 2.68. The number of alkyl halides is 3. The van der Waals surface area contributed by atoms with Crippen molar-refractivity contribution in [2.45, 2.75) is 45.1 Å². The van der Waals surface area contributed by atoms with Gasteiger partial charge in [-0.15, -0.1) is 0 Å². The number of halogens is 3. The van der Waals surface area contributed by atoms with Crippen LogP contribution in [-0.4, -0.2) is 18.3 Å². The Morgan fingerprint density at radius 2 is 1.38 bits per heavy atom. The molecule has 1 aliphatic rings. The zero-order valence-corrected chi connectivity index (χ0v) is 15.1. The predicted molar refractivity (Wildman–Crippen MR) is 96.9 cm³/mol. The zero-order chi connectivity index (χ0) is 19.2. The Balaban J connectivity index is 1.85. The van der Waals surface area contributed by atoms with Gasteiger partial charge in [0.1, 0.15) is 0 Å². The van der Waals surface area contributed by atoms with Gasteiger partial charge in [-0.1, -0.05) is 18.2 Å². The van der Waals surface area contributed by atoms with Crippen molar-refractivity contribution < 1.29 is 22.5 Å². The van der Waals surface area contributed by atoms with Crippen molar-refractivity contribution in [1.29, 1.82) is 0 Å². The maximum Gasteiger partial charge on any atom is 0.496 e. The summed E-state index contributed by atoms with van der Waals surface area (Å²) in [5.41, 5.74) is 0.458. The standard InChI is InChI=1S/C19H21BF3NO2/c1-17(2)18(3,4)26-20(25-17)15-7-5-6-8-16(15)24-14-11-9-13(10-12-14)19(21,22)23/h5-12,24H,1-4H3. The third-order valence-electron chi connectivity index (χ3n) is 4.96. The van der Waals surface area contributed by atoms with Gasteiger partial charge in [0.25, 0.3) is 0 Å². The van der Waals surface area contributed by atoms with Crippen LogP contribution in [0, 0.1) is 0 Å². The lowest BCUT2D eigenvalue weighted by Gasteiger charge is -2.32. The number of para-hydroxylation sites is 1. The number of hydrogen-bond donors (Lipinski definition) is 1. The van der Waals surface area contributed by atoms with E-state index in [1.807, 2.05) is 52.0 Å². The molecule has 1 aliphatic heterocycles. The van der Waals surface area contributed by atoms with E-state index in [1.54, 1.807) is 0 Å². The monoisotopic (exact) mass is 363 g/mol. The van der Waals surface area contributed by atoms with Crippen molar-refractivity contribution in [1.82, 2.24) is 0 Å². The van der Waals surface area contributed by atoms with Crippen molar-refractivity contribution in [3.05, 3.63) is 54.1 Å². The number of nitrogens with one attached hydrogen (secondary N) is 1. The van der Waals surface area contributed by atoms with Gasteiger partial charge in [0.15, 0.2) is 0 Å². The predicted octanol–water partition coefficient (Wildman–Crippen LogP) is 4.75. The highest BCUT2D eigenvalue weighted by Crippen LogP contribution is 2.37. The second-order valence-electron chi connectivity index (χ2n) is 7.38. The van der Waals surface area contributed by atoms with Gasteiger partial charge in [-0.2, -0.15) is 13.2 Å². The molecule has 3 rings (SSSR count). The van der Waals surface area contributed by atoms with E-state index in [0.29, 0.717) is 5.69 Å². The van der Waals surface area contributed by atoms with Crippen LogP contribution >= 0.6 is 0 Å². The molecule has 1 saturated heterocycles. The largest absolute Gasteiger partial charge is 0.496 e. The number of hydrogen-bond acceptors (Lipinski definition) is 3. The summed E-state index contributed by atoms with van der Waals surface area (Å²) in [6.07, 6.45) is -4.35. The Bertz CT molecular complexity index is 772. The van der Waals surface area contributed by atoms with Crippen molar-refractivity contribution in [3.8, 4) is 0 Å². The molecule has 1 fully saturated rings. The van der Waals surface area contributed by atoms with Crippen LogP contribution in [0.25, 0.3) is 0 Å². The first-order valence-corrected chi connectivity index (χ1v) is 8.38. The Hall–Kier alpha value is -1.99. The van der Waals surface area contributed by atoms with Gasteiger partial charge < -0.3 is 14.6 Å². The van der Waals surface area contributed by atoms with Crippen LogP contribution in [0.3, 0.4) is 0 Å². The van der Waals surface area contributed by atoms with E-state index in [2.05, 4.69) is 5.32 Å². The molecule has 0 aromatic heterocycles. The second kappa shape index (κ2) is 6.32. The first-order valence-electron chi connectivity index (χ1n) is 8.38. The minimum absolute atomic E-state index is 0.473. The maximum atomic E-state index is 12.7. The molecule has 3 nitrogen and oxygen atoms in total. The molecular weight excluding hydrogens is 342 g/mol. The number of anilines is 2. The Morgan fingerprint density at radius 3 is 1.92 bits per heavy atom. The molecule has 0 amide bonds. The van der Waals surface area contributed by atoms with E-state index >= 15 is 0 Å². The quantitative estimate of drug-likeness (QED) is 0.799. The molecule has 0 saturated carbocycles. The second-order valence-corrected chi connectivity index (χ2v) is 7.38. The van der Waals surface area contributed by atoms with E-state index in [4.69, 9.17) is 9.31 Å². The fourth-order valence-corrected chi connectivity index (χ4v) is 2.68. The van der Waals surface area contributed by atoms with Crippen molar-refractivity contribution in [2.75, 3.05) is 5.32 Å². The maximum absolute atomic E-state index is 12.7. The Morgan fingerprint density at radius 1 is 0.846 bits per heavy atom. The van der Waals surface area contributed by atoms with Crippen LogP contribution in [0.1, 0.15) is 33.3 Å². The highest BCUT2D eigenvalue weighted by atomic mass is 19.4. The lowest BCUT2D eigenvalue weighted by molar-refractivity contribution is -0.137. The summed E-state index contributed by atoms with van der Waals surface area (Å²) in [7, 11) is -0.557. The molecule has 26 heavy (non-hydrogen) atoms. The summed E-state index contributed by atoms with van der Waals surface area (Å²) in [6, 6.07) is 12.4. The van der Waals surface area contributed by atoms with Crippen LogP contribution in [0.4, 0.5) is 24.5 Å². The molecule has 0 atom stereocenters. The Labute approximate surface area is 151 Å². The summed E-state index contributed by atoms with van der Waals surface area (Å²) in [5.74, 6) is 0. The van der Waals surface area contributed by atoms with Gasteiger partial charge in [-0.05, 0) is 58.0 Å². The lowest BCUT2D eigenvalue weighted by atomic mass is 9.77. The Kier molecular flexibility index (Phi) is 4.57. The zero-order valence-electron chi connectivity index (χ0n) is 15.1. The molecule has 1 N–H and O–H groups in total. The molecule has 2 aromatic carbocycles. The number of benzene rings is 2. The molecule has 7 heteroatoms. The van der Waals surface area contributed by atoms with Crippen molar-refractivity contribution >= 4 is 24.0 Å².